The molecule has 0 spiro atoms. The largest absolute Gasteiger partial charge is 0.365 e. The molecule has 1 heterocycles. The summed E-state index contributed by atoms with van der Waals surface area (Å²) in [6.45, 7) is 3.25. The zero-order valence-corrected chi connectivity index (χ0v) is 9.34. The zero-order chi connectivity index (χ0) is 11.1. The van der Waals surface area contributed by atoms with Crippen molar-refractivity contribution >= 4 is 5.91 Å². The second-order valence-electron chi connectivity index (χ2n) is 4.10. The molecule has 0 radical (unpaired) electrons. The van der Waals surface area contributed by atoms with Crippen LogP contribution in [0.1, 0.15) is 39.0 Å². The molecule has 1 unspecified atom stereocenters. The van der Waals surface area contributed by atoms with Crippen molar-refractivity contribution in [3.05, 3.63) is 0 Å². The van der Waals surface area contributed by atoms with E-state index in [0.717, 1.165) is 32.1 Å². The minimum Gasteiger partial charge on any atom is -0.365 e. The number of carbonyl (C=O) groups excluding carboxylic acids is 1. The summed E-state index contributed by atoms with van der Waals surface area (Å²) < 4.78 is 5.44. The van der Waals surface area contributed by atoms with E-state index in [1.54, 1.807) is 0 Å². The molecule has 1 rings (SSSR count). The first kappa shape index (κ1) is 12.1. The first-order chi connectivity index (χ1) is 7.19. The highest BCUT2D eigenvalue weighted by atomic mass is 16.5. The quantitative estimate of drug-likeness (QED) is 0.550. The standard InChI is InChI=1S/C12H19NO2/c1-3-4-5-6-9-13-11(14)12(2)8-7-10-15-12/h1H,4-10H2,2H3,(H,13,14). The van der Waals surface area contributed by atoms with Crippen LogP contribution in [0, 0.1) is 12.3 Å². The molecule has 1 amide bonds. The van der Waals surface area contributed by atoms with Crippen LogP contribution in [0.2, 0.25) is 0 Å². The Hall–Kier alpha value is -1.01. The number of ether oxygens (including phenoxy) is 1. The molecular formula is C12H19NO2. The first-order valence-corrected chi connectivity index (χ1v) is 5.55. The minimum atomic E-state index is -0.591. The number of carbonyl (C=O) groups is 1. The fraction of sp³-hybridized carbons (Fsp3) is 0.750. The van der Waals surface area contributed by atoms with E-state index in [4.69, 9.17) is 11.2 Å². The van der Waals surface area contributed by atoms with Crippen molar-refractivity contribution < 1.29 is 9.53 Å². The van der Waals surface area contributed by atoms with Crippen LogP contribution in [0.5, 0.6) is 0 Å². The Kier molecular flexibility index (Phi) is 4.64. The van der Waals surface area contributed by atoms with Gasteiger partial charge in [-0.15, -0.1) is 12.3 Å². The minimum absolute atomic E-state index is 0.0145. The molecule has 0 saturated carbocycles. The van der Waals surface area contributed by atoms with Gasteiger partial charge in [0.05, 0.1) is 0 Å². The van der Waals surface area contributed by atoms with E-state index < -0.39 is 5.60 Å². The number of nitrogens with one attached hydrogen (secondary N) is 1. The van der Waals surface area contributed by atoms with E-state index in [0.29, 0.717) is 13.2 Å². The van der Waals surface area contributed by atoms with Crippen LogP contribution in [0.4, 0.5) is 0 Å². The molecule has 1 aliphatic rings. The molecule has 3 heteroatoms. The van der Waals surface area contributed by atoms with Gasteiger partial charge in [-0.3, -0.25) is 4.79 Å². The van der Waals surface area contributed by atoms with Crippen LogP contribution in [-0.4, -0.2) is 24.7 Å². The molecule has 1 saturated heterocycles. The van der Waals surface area contributed by atoms with Gasteiger partial charge in [0, 0.05) is 19.6 Å². The summed E-state index contributed by atoms with van der Waals surface area (Å²) in [5, 5.41) is 2.89. The van der Waals surface area contributed by atoms with Crippen molar-refractivity contribution in [2.24, 2.45) is 0 Å². The number of amides is 1. The summed E-state index contributed by atoms with van der Waals surface area (Å²) in [5.74, 6) is 2.60. The number of rotatable bonds is 5. The fourth-order valence-corrected chi connectivity index (χ4v) is 1.70. The Bertz CT molecular complexity index is 249. The Morgan fingerprint density at radius 2 is 2.40 bits per heavy atom. The van der Waals surface area contributed by atoms with Crippen LogP contribution >= 0.6 is 0 Å². The lowest BCUT2D eigenvalue weighted by atomic mass is 10.0. The molecule has 0 bridgehead atoms. The van der Waals surface area contributed by atoms with E-state index in [9.17, 15) is 4.79 Å². The van der Waals surface area contributed by atoms with E-state index >= 15 is 0 Å². The molecule has 0 aromatic heterocycles. The van der Waals surface area contributed by atoms with Gasteiger partial charge < -0.3 is 10.1 Å². The lowest BCUT2D eigenvalue weighted by molar-refractivity contribution is -0.139. The second-order valence-corrected chi connectivity index (χ2v) is 4.10. The van der Waals surface area contributed by atoms with Gasteiger partial charge in [0.25, 0.3) is 5.91 Å². The van der Waals surface area contributed by atoms with Gasteiger partial charge in [0.1, 0.15) is 5.60 Å². The fourth-order valence-electron chi connectivity index (χ4n) is 1.70. The molecule has 0 aliphatic carbocycles. The van der Waals surface area contributed by atoms with Crippen LogP contribution in [0.25, 0.3) is 0 Å². The Morgan fingerprint density at radius 1 is 1.60 bits per heavy atom. The van der Waals surface area contributed by atoms with E-state index in [2.05, 4.69) is 11.2 Å². The predicted octanol–water partition coefficient (Wildman–Crippen LogP) is 1.48. The third-order valence-corrected chi connectivity index (χ3v) is 2.73. The smallest absolute Gasteiger partial charge is 0.251 e. The van der Waals surface area contributed by atoms with Crippen molar-refractivity contribution in [2.75, 3.05) is 13.2 Å². The van der Waals surface area contributed by atoms with Gasteiger partial charge in [0.15, 0.2) is 0 Å². The summed E-state index contributed by atoms with van der Waals surface area (Å²) in [7, 11) is 0. The molecule has 1 atom stereocenters. The van der Waals surface area contributed by atoms with Crippen LogP contribution < -0.4 is 5.32 Å². The molecular weight excluding hydrogens is 190 g/mol. The van der Waals surface area contributed by atoms with Crippen molar-refractivity contribution in [1.82, 2.24) is 5.32 Å². The predicted molar refractivity (Wildman–Crippen MR) is 59.3 cm³/mol. The van der Waals surface area contributed by atoms with Crippen LogP contribution in [-0.2, 0) is 9.53 Å². The maximum Gasteiger partial charge on any atom is 0.251 e. The lowest BCUT2D eigenvalue weighted by Gasteiger charge is -2.21. The Labute approximate surface area is 91.6 Å². The SMILES string of the molecule is C#CCCCCNC(=O)C1(C)CCCO1. The summed E-state index contributed by atoms with van der Waals surface area (Å²) in [6.07, 6.45) is 9.61. The van der Waals surface area contributed by atoms with E-state index in [1.807, 2.05) is 6.92 Å². The van der Waals surface area contributed by atoms with Gasteiger partial charge in [-0.2, -0.15) is 0 Å². The maximum absolute atomic E-state index is 11.7. The van der Waals surface area contributed by atoms with Crippen LogP contribution in [0.15, 0.2) is 0 Å². The van der Waals surface area contributed by atoms with Gasteiger partial charge >= 0.3 is 0 Å². The number of terminal acetylenes is 1. The van der Waals surface area contributed by atoms with Crippen molar-refractivity contribution in [2.45, 2.75) is 44.6 Å². The highest BCUT2D eigenvalue weighted by Crippen LogP contribution is 2.24. The molecule has 15 heavy (non-hydrogen) atoms. The summed E-state index contributed by atoms with van der Waals surface area (Å²) >= 11 is 0. The van der Waals surface area contributed by atoms with Gasteiger partial charge in [-0.05, 0) is 32.6 Å². The first-order valence-electron chi connectivity index (χ1n) is 5.55. The molecule has 0 aromatic carbocycles. The number of hydrogen-bond donors (Lipinski definition) is 1. The molecule has 3 nitrogen and oxygen atoms in total. The highest BCUT2D eigenvalue weighted by Gasteiger charge is 2.37. The topological polar surface area (TPSA) is 38.3 Å². The van der Waals surface area contributed by atoms with Crippen LogP contribution in [0.3, 0.4) is 0 Å². The average molecular weight is 209 g/mol. The van der Waals surface area contributed by atoms with Crippen molar-refractivity contribution in [1.29, 1.82) is 0 Å². The molecule has 1 aliphatic heterocycles. The number of unbranched alkanes of at least 4 members (excludes halogenated alkanes) is 2. The highest BCUT2D eigenvalue weighted by molar-refractivity contribution is 5.84. The Balaban J connectivity index is 2.16. The monoisotopic (exact) mass is 209 g/mol. The molecule has 0 aromatic rings. The normalized spacial score (nSPS) is 24.8. The lowest BCUT2D eigenvalue weighted by Crippen LogP contribution is -2.44. The van der Waals surface area contributed by atoms with Gasteiger partial charge in [-0.25, -0.2) is 0 Å². The third kappa shape index (κ3) is 3.56. The average Bonchev–Trinajstić information content (AvgIpc) is 2.66. The summed E-state index contributed by atoms with van der Waals surface area (Å²) in [5.41, 5.74) is -0.591. The zero-order valence-electron chi connectivity index (χ0n) is 9.34. The van der Waals surface area contributed by atoms with Gasteiger partial charge in [0.2, 0.25) is 0 Å². The molecule has 84 valence electrons. The van der Waals surface area contributed by atoms with E-state index in [-0.39, 0.29) is 5.91 Å². The Morgan fingerprint density at radius 3 is 3.00 bits per heavy atom. The van der Waals surface area contributed by atoms with E-state index in [1.165, 1.54) is 0 Å². The summed E-state index contributed by atoms with van der Waals surface area (Å²) in [6, 6.07) is 0. The second kappa shape index (κ2) is 5.77. The van der Waals surface area contributed by atoms with Crippen molar-refractivity contribution in [3.63, 3.8) is 0 Å². The maximum atomic E-state index is 11.7. The van der Waals surface area contributed by atoms with Crippen molar-refractivity contribution in [3.8, 4) is 12.3 Å². The van der Waals surface area contributed by atoms with Gasteiger partial charge in [-0.1, -0.05) is 0 Å². The number of hydrogen-bond acceptors (Lipinski definition) is 2. The molecule has 1 N–H and O–H groups in total. The summed E-state index contributed by atoms with van der Waals surface area (Å²) in [4.78, 5) is 11.7. The third-order valence-electron chi connectivity index (χ3n) is 2.73. The molecule has 1 fully saturated rings.